The van der Waals surface area contributed by atoms with Crippen LogP contribution < -0.4 is 0 Å². The zero-order valence-corrected chi connectivity index (χ0v) is 21.0. The first-order valence-corrected chi connectivity index (χ1v) is 13.3. The minimum atomic E-state index is 0.194. The molecule has 8 rings (SSSR count). The molecule has 180 valence electrons. The van der Waals surface area contributed by atoms with Gasteiger partial charge in [0.2, 0.25) is 0 Å². The average Bonchev–Trinajstić information content (AvgIpc) is 3.50. The number of allylic oxidation sites excluding steroid dienone is 4. The Balaban J connectivity index is 1.40. The van der Waals surface area contributed by atoms with Crippen LogP contribution in [0.1, 0.15) is 18.0 Å². The minimum Gasteiger partial charge on any atom is -0.332 e. The molecule has 5 aromatic carbocycles. The van der Waals surface area contributed by atoms with Crippen LogP contribution in [0.15, 0.2) is 140 Å². The molecule has 0 amide bonds. The highest BCUT2D eigenvalue weighted by Crippen LogP contribution is 2.43. The molecular formula is C36H26N2. The summed E-state index contributed by atoms with van der Waals surface area (Å²) >= 11 is 0. The third kappa shape index (κ3) is 3.01. The van der Waals surface area contributed by atoms with E-state index in [1.807, 2.05) is 0 Å². The van der Waals surface area contributed by atoms with Gasteiger partial charge in [0.05, 0.1) is 22.8 Å². The fourth-order valence-corrected chi connectivity index (χ4v) is 6.51. The predicted octanol–water partition coefficient (Wildman–Crippen LogP) is 9.48. The lowest BCUT2D eigenvalue weighted by molar-refractivity contribution is 0.665. The van der Waals surface area contributed by atoms with Gasteiger partial charge < -0.3 is 9.13 Å². The van der Waals surface area contributed by atoms with Gasteiger partial charge in [-0.25, -0.2) is 0 Å². The third-order valence-electron chi connectivity index (χ3n) is 8.10. The van der Waals surface area contributed by atoms with E-state index < -0.39 is 0 Å². The monoisotopic (exact) mass is 486 g/mol. The molecule has 2 aromatic heterocycles. The van der Waals surface area contributed by atoms with E-state index in [1.54, 1.807) is 0 Å². The van der Waals surface area contributed by atoms with Crippen molar-refractivity contribution in [2.75, 3.05) is 0 Å². The summed E-state index contributed by atoms with van der Waals surface area (Å²) in [6.07, 6.45) is 7.81. The molecule has 0 spiro atoms. The molecule has 0 N–H and O–H groups in total. The first-order valence-electron chi connectivity index (χ1n) is 13.3. The Bertz CT molecular complexity index is 1960. The smallest absolute Gasteiger partial charge is 0.0633 e. The van der Waals surface area contributed by atoms with Crippen molar-refractivity contribution in [3.8, 4) is 5.69 Å². The van der Waals surface area contributed by atoms with Gasteiger partial charge in [-0.2, -0.15) is 0 Å². The Kier molecular flexibility index (Phi) is 4.68. The largest absolute Gasteiger partial charge is 0.332 e. The second-order valence-electron chi connectivity index (χ2n) is 10.1. The number of benzene rings is 5. The molecular weight excluding hydrogens is 460 g/mol. The molecule has 0 bridgehead atoms. The molecule has 2 nitrogen and oxygen atoms in total. The summed E-state index contributed by atoms with van der Waals surface area (Å²) in [5, 5.41) is 5.20. The molecule has 38 heavy (non-hydrogen) atoms. The maximum atomic E-state index is 2.56. The number of rotatable bonds is 3. The number of fused-ring (bicyclic) bond motifs is 6. The van der Waals surface area contributed by atoms with E-state index in [-0.39, 0.29) is 6.04 Å². The first kappa shape index (κ1) is 21.3. The van der Waals surface area contributed by atoms with Gasteiger partial charge in [0.1, 0.15) is 0 Å². The van der Waals surface area contributed by atoms with Crippen LogP contribution >= 0.6 is 0 Å². The van der Waals surface area contributed by atoms with Crippen molar-refractivity contribution < 1.29 is 0 Å². The molecule has 1 aliphatic carbocycles. The number of nitrogens with zero attached hydrogens (tertiary/aromatic N) is 2. The van der Waals surface area contributed by atoms with Crippen LogP contribution in [-0.2, 0) is 0 Å². The van der Waals surface area contributed by atoms with Gasteiger partial charge in [-0.15, -0.1) is 0 Å². The molecule has 1 aliphatic rings. The second-order valence-corrected chi connectivity index (χ2v) is 10.1. The van der Waals surface area contributed by atoms with Crippen molar-refractivity contribution in [2.24, 2.45) is 0 Å². The third-order valence-corrected chi connectivity index (χ3v) is 8.10. The molecule has 1 unspecified atom stereocenters. The van der Waals surface area contributed by atoms with Gasteiger partial charge in [0.25, 0.3) is 0 Å². The summed E-state index contributed by atoms with van der Waals surface area (Å²) < 4.78 is 5.00. The van der Waals surface area contributed by atoms with Gasteiger partial charge in [0.15, 0.2) is 0 Å². The topological polar surface area (TPSA) is 9.86 Å². The van der Waals surface area contributed by atoms with Crippen molar-refractivity contribution in [1.29, 1.82) is 0 Å². The maximum absolute atomic E-state index is 2.56. The lowest BCUT2D eigenvalue weighted by atomic mass is 9.90. The highest BCUT2D eigenvalue weighted by atomic mass is 15.0. The molecule has 7 aromatic rings. The van der Waals surface area contributed by atoms with E-state index >= 15 is 0 Å². The maximum Gasteiger partial charge on any atom is 0.0633 e. The van der Waals surface area contributed by atoms with Crippen LogP contribution in [0, 0.1) is 0 Å². The van der Waals surface area contributed by atoms with Crippen molar-refractivity contribution in [1.82, 2.24) is 9.13 Å². The second kappa shape index (κ2) is 8.36. The number of para-hydroxylation sites is 5. The van der Waals surface area contributed by atoms with E-state index in [2.05, 4.69) is 149 Å². The molecule has 0 radical (unpaired) electrons. The Hall–Kier alpha value is -4.82. The molecule has 2 heteroatoms. The van der Waals surface area contributed by atoms with E-state index in [0.29, 0.717) is 0 Å². The Labute approximate surface area is 221 Å². The fraction of sp³-hybridized carbons (Fsp3) is 0.0556. The lowest BCUT2D eigenvalue weighted by Gasteiger charge is -2.27. The van der Waals surface area contributed by atoms with E-state index in [1.165, 1.54) is 60.4 Å². The lowest BCUT2D eigenvalue weighted by Crippen LogP contribution is -2.14. The van der Waals surface area contributed by atoms with E-state index in [9.17, 15) is 0 Å². The van der Waals surface area contributed by atoms with Gasteiger partial charge in [-0.3, -0.25) is 0 Å². The normalized spacial score (nSPS) is 15.6. The van der Waals surface area contributed by atoms with Crippen LogP contribution in [0.25, 0.3) is 54.9 Å². The quantitative estimate of drug-likeness (QED) is 0.235. The standard InChI is InChI=1S/C36H26N2/c1-7-19-31-25(13-1)26-14-2-8-20-32(26)37(31)35-23-11-5-17-29(35)30-18-6-12-24-36(30)38-33-21-9-3-15-27(33)28-16-4-10-22-34(28)38/h1-23,36H,24H2. The van der Waals surface area contributed by atoms with Crippen molar-refractivity contribution in [3.63, 3.8) is 0 Å². The number of hydrogen-bond donors (Lipinski definition) is 0. The summed E-state index contributed by atoms with van der Waals surface area (Å²) in [5.41, 5.74) is 8.88. The summed E-state index contributed by atoms with van der Waals surface area (Å²) in [6.45, 7) is 0. The van der Waals surface area contributed by atoms with Crippen LogP contribution in [-0.4, -0.2) is 9.13 Å². The molecule has 0 saturated carbocycles. The van der Waals surface area contributed by atoms with Crippen molar-refractivity contribution in [2.45, 2.75) is 12.5 Å². The Morgan fingerprint density at radius 1 is 0.500 bits per heavy atom. The summed E-state index contributed by atoms with van der Waals surface area (Å²) in [6, 6.07) is 44.3. The molecule has 0 saturated heterocycles. The Morgan fingerprint density at radius 3 is 1.58 bits per heavy atom. The number of hydrogen-bond acceptors (Lipinski definition) is 0. The first-order chi connectivity index (χ1) is 18.9. The SMILES string of the molecule is C1=CCC(n2c3ccccc3c3ccccc32)C(c2ccccc2-n2c3ccccc3c3ccccc32)=C1. The highest BCUT2D eigenvalue weighted by Gasteiger charge is 2.25. The fourth-order valence-electron chi connectivity index (χ4n) is 6.51. The number of aromatic nitrogens is 2. The summed E-state index contributed by atoms with van der Waals surface area (Å²) in [4.78, 5) is 0. The minimum absolute atomic E-state index is 0.194. The molecule has 1 atom stereocenters. The average molecular weight is 487 g/mol. The van der Waals surface area contributed by atoms with Gasteiger partial charge in [0, 0.05) is 38.1 Å². The van der Waals surface area contributed by atoms with E-state index in [4.69, 9.17) is 0 Å². The molecule has 0 aliphatic heterocycles. The Morgan fingerprint density at radius 2 is 0.974 bits per heavy atom. The van der Waals surface area contributed by atoms with Crippen molar-refractivity contribution in [3.05, 3.63) is 145 Å². The summed E-state index contributed by atoms with van der Waals surface area (Å²) in [5.74, 6) is 0. The van der Waals surface area contributed by atoms with Gasteiger partial charge >= 0.3 is 0 Å². The zero-order chi connectivity index (χ0) is 25.1. The van der Waals surface area contributed by atoms with Crippen LogP contribution in [0.3, 0.4) is 0 Å². The van der Waals surface area contributed by atoms with E-state index in [0.717, 1.165) is 6.42 Å². The van der Waals surface area contributed by atoms with Crippen LogP contribution in [0.4, 0.5) is 0 Å². The van der Waals surface area contributed by atoms with Gasteiger partial charge in [-0.1, -0.05) is 109 Å². The summed E-state index contributed by atoms with van der Waals surface area (Å²) in [7, 11) is 0. The van der Waals surface area contributed by atoms with Gasteiger partial charge in [-0.05, 0) is 42.3 Å². The van der Waals surface area contributed by atoms with Crippen LogP contribution in [0.2, 0.25) is 0 Å². The van der Waals surface area contributed by atoms with Crippen LogP contribution in [0.5, 0.6) is 0 Å². The molecule has 0 fully saturated rings. The van der Waals surface area contributed by atoms with Crippen molar-refractivity contribution >= 4 is 49.2 Å². The molecule has 2 heterocycles. The highest BCUT2D eigenvalue weighted by molar-refractivity contribution is 6.10. The zero-order valence-electron chi connectivity index (χ0n) is 21.0. The predicted molar refractivity (Wildman–Crippen MR) is 161 cm³/mol.